The molecule has 5 rings (SSSR count). The molecule has 1 aliphatic rings. The van der Waals surface area contributed by atoms with Crippen molar-refractivity contribution >= 4 is 10.9 Å². The van der Waals surface area contributed by atoms with E-state index < -0.39 is 6.04 Å². The third kappa shape index (κ3) is 5.07. The number of rotatable bonds is 9. The van der Waals surface area contributed by atoms with E-state index >= 15 is 0 Å². The number of methoxy groups -OCH3 is 3. The first-order chi connectivity index (χ1) is 18.5. The molecule has 11 nitrogen and oxygen atoms in total. The number of aromatic nitrogens is 5. The summed E-state index contributed by atoms with van der Waals surface area (Å²) in [5.74, 6) is 2.55. The Morgan fingerprint density at radius 1 is 0.947 bits per heavy atom. The van der Waals surface area contributed by atoms with Crippen LogP contribution in [-0.2, 0) is 6.54 Å². The number of ether oxygens (including phenoxy) is 3. The lowest BCUT2D eigenvalue weighted by Crippen LogP contribution is -2.49. The van der Waals surface area contributed by atoms with E-state index in [0.717, 1.165) is 49.4 Å². The SMILES string of the molecule is CCN1CCN([C@H](c2cc3cc(OC)c(OC)cc3[nH]c2=O)c2nnnn2Cc2ccc(OC)cc2)CC1. The molecule has 0 amide bonds. The molecule has 0 saturated carbocycles. The van der Waals surface area contributed by atoms with E-state index in [1.165, 1.54) is 0 Å². The molecule has 2 aromatic heterocycles. The predicted molar refractivity (Wildman–Crippen MR) is 143 cm³/mol. The second-order valence-corrected chi connectivity index (χ2v) is 9.26. The van der Waals surface area contributed by atoms with Crippen LogP contribution in [0.1, 0.15) is 29.9 Å². The molecule has 0 bridgehead atoms. The van der Waals surface area contributed by atoms with Crippen LogP contribution in [0, 0.1) is 0 Å². The van der Waals surface area contributed by atoms with Crippen molar-refractivity contribution in [2.75, 3.05) is 54.1 Å². The zero-order chi connectivity index (χ0) is 26.6. The largest absolute Gasteiger partial charge is 0.497 e. The van der Waals surface area contributed by atoms with Gasteiger partial charge in [-0.05, 0) is 46.8 Å². The topological polar surface area (TPSA) is 111 Å². The molecule has 2 aromatic carbocycles. The third-order valence-corrected chi connectivity index (χ3v) is 7.19. The number of aromatic amines is 1. The summed E-state index contributed by atoms with van der Waals surface area (Å²) in [4.78, 5) is 21.3. The van der Waals surface area contributed by atoms with Gasteiger partial charge in [0.05, 0.1) is 33.4 Å². The number of nitrogens with zero attached hydrogens (tertiary/aromatic N) is 6. The van der Waals surface area contributed by atoms with E-state index in [2.05, 4.69) is 37.2 Å². The first-order valence-corrected chi connectivity index (χ1v) is 12.7. The lowest BCUT2D eigenvalue weighted by molar-refractivity contribution is 0.108. The summed E-state index contributed by atoms with van der Waals surface area (Å²) >= 11 is 0. The highest BCUT2D eigenvalue weighted by atomic mass is 16.5. The molecule has 38 heavy (non-hydrogen) atoms. The van der Waals surface area contributed by atoms with Gasteiger partial charge in [0.2, 0.25) is 0 Å². The maximum Gasteiger partial charge on any atom is 0.253 e. The van der Waals surface area contributed by atoms with Gasteiger partial charge in [-0.3, -0.25) is 9.69 Å². The van der Waals surface area contributed by atoms with Crippen molar-refractivity contribution < 1.29 is 14.2 Å². The first kappa shape index (κ1) is 25.7. The molecule has 1 atom stereocenters. The molecule has 0 radical (unpaired) electrons. The van der Waals surface area contributed by atoms with Crippen molar-refractivity contribution in [2.45, 2.75) is 19.5 Å². The molecular formula is C27H33N7O4. The zero-order valence-corrected chi connectivity index (χ0v) is 22.2. The fourth-order valence-corrected chi connectivity index (χ4v) is 5.01. The molecule has 1 saturated heterocycles. The second kappa shape index (κ2) is 11.2. The van der Waals surface area contributed by atoms with Crippen LogP contribution in [0.2, 0.25) is 0 Å². The van der Waals surface area contributed by atoms with E-state index in [0.29, 0.717) is 34.9 Å². The average Bonchev–Trinajstić information content (AvgIpc) is 3.41. The van der Waals surface area contributed by atoms with Crippen molar-refractivity contribution in [2.24, 2.45) is 0 Å². The van der Waals surface area contributed by atoms with Gasteiger partial charge in [-0.1, -0.05) is 19.1 Å². The van der Waals surface area contributed by atoms with Gasteiger partial charge in [0.15, 0.2) is 17.3 Å². The maximum atomic E-state index is 13.6. The lowest BCUT2D eigenvalue weighted by atomic mass is 10.0. The number of piperazine rings is 1. The lowest BCUT2D eigenvalue weighted by Gasteiger charge is -2.38. The molecule has 3 heterocycles. The van der Waals surface area contributed by atoms with Gasteiger partial charge >= 0.3 is 0 Å². The van der Waals surface area contributed by atoms with Crippen molar-refractivity contribution in [1.29, 1.82) is 0 Å². The van der Waals surface area contributed by atoms with Crippen molar-refractivity contribution in [3.8, 4) is 17.2 Å². The van der Waals surface area contributed by atoms with E-state index in [-0.39, 0.29) is 5.56 Å². The monoisotopic (exact) mass is 519 g/mol. The number of hydrogen-bond donors (Lipinski definition) is 1. The van der Waals surface area contributed by atoms with Crippen LogP contribution in [-0.4, -0.2) is 89.0 Å². The summed E-state index contributed by atoms with van der Waals surface area (Å²) in [5.41, 5.74) is 2.09. The first-order valence-electron chi connectivity index (χ1n) is 12.7. The summed E-state index contributed by atoms with van der Waals surface area (Å²) in [5, 5.41) is 13.6. The van der Waals surface area contributed by atoms with Gasteiger partial charge in [-0.2, -0.15) is 0 Å². The quantitative estimate of drug-likeness (QED) is 0.356. The molecule has 1 aliphatic heterocycles. The van der Waals surface area contributed by atoms with Gasteiger partial charge in [-0.25, -0.2) is 4.68 Å². The minimum atomic E-state index is -0.427. The smallest absolute Gasteiger partial charge is 0.253 e. The van der Waals surface area contributed by atoms with Gasteiger partial charge in [-0.15, -0.1) is 5.10 Å². The highest BCUT2D eigenvalue weighted by Gasteiger charge is 2.32. The number of benzene rings is 2. The summed E-state index contributed by atoms with van der Waals surface area (Å²) in [7, 11) is 4.81. The van der Waals surface area contributed by atoms with Gasteiger partial charge < -0.3 is 24.1 Å². The van der Waals surface area contributed by atoms with Crippen molar-refractivity contribution in [3.63, 3.8) is 0 Å². The summed E-state index contributed by atoms with van der Waals surface area (Å²) in [6, 6.07) is 12.9. The van der Waals surface area contributed by atoms with E-state index in [1.54, 1.807) is 32.1 Å². The van der Waals surface area contributed by atoms with Crippen LogP contribution in [0.3, 0.4) is 0 Å². The zero-order valence-electron chi connectivity index (χ0n) is 22.2. The normalized spacial score (nSPS) is 15.5. The number of likely N-dealkylation sites (N-methyl/N-ethyl adjacent to an activating group) is 1. The van der Waals surface area contributed by atoms with Crippen LogP contribution in [0.5, 0.6) is 17.2 Å². The maximum absolute atomic E-state index is 13.6. The Labute approximate surface area is 220 Å². The Balaban J connectivity index is 1.59. The summed E-state index contributed by atoms with van der Waals surface area (Å²) in [6.07, 6.45) is 0. The van der Waals surface area contributed by atoms with E-state index in [4.69, 9.17) is 14.2 Å². The number of H-pyrrole nitrogens is 1. The Morgan fingerprint density at radius 3 is 2.32 bits per heavy atom. The predicted octanol–water partition coefficient (Wildman–Crippen LogP) is 2.32. The number of nitrogens with one attached hydrogen (secondary N) is 1. The Bertz CT molecular complexity index is 1440. The van der Waals surface area contributed by atoms with E-state index in [1.807, 2.05) is 36.4 Å². The highest BCUT2D eigenvalue weighted by Crippen LogP contribution is 2.33. The van der Waals surface area contributed by atoms with Crippen LogP contribution in [0.15, 0.2) is 47.3 Å². The number of pyridine rings is 1. The van der Waals surface area contributed by atoms with Gasteiger partial charge in [0, 0.05) is 43.2 Å². The number of tetrazole rings is 1. The molecule has 0 spiro atoms. The Morgan fingerprint density at radius 2 is 1.66 bits per heavy atom. The molecule has 0 aliphatic carbocycles. The molecule has 1 N–H and O–H groups in total. The number of fused-ring (bicyclic) bond motifs is 1. The molecule has 1 fully saturated rings. The van der Waals surface area contributed by atoms with Crippen molar-refractivity contribution in [1.82, 2.24) is 35.0 Å². The number of hydrogen-bond acceptors (Lipinski definition) is 9. The molecular weight excluding hydrogens is 486 g/mol. The minimum Gasteiger partial charge on any atom is -0.497 e. The van der Waals surface area contributed by atoms with Gasteiger partial charge in [0.25, 0.3) is 5.56 Å². The van der Waals surface area contributed by atoms with Crippen LogP contribution in [0.4, 0.5) is 0 Å². The van der Waals surface area contributed by atoms with Crippen LogP contribution < -0.4 is 19.8 Å². The van der Waals surface area contributed by atoms with Crippen molar-refractivity contribution in [3.05, 3.63) is 69.8 Å². The Kier molecular flexibility index (Phi) is 7.57. The second-order valence-electron chi connectivity index (χ2n) is 9.26. The van der Waals surface area contributed by atoms with Gasteiger partial charge in [0.1, 0.15) is 11.8 Å². The van der Waals surface area contributed by atoms with Crippen LogP contribution >= 0.6 is 0 Å². The summed E-state index contributed by atoms with van der Waals surface area (Å²) in [6.45, 7) is 7.01. The highest BCUT2D eigenvalue weighted by molar-refractivity contribution is 5.83. The molecule has 200 valence electrons. The third-order valence-electron chi connectivity index (χ3n) is 7.19. The summed E-state index contributed by atoms with van der Waals surface area (Å²) < 4.78 is 18.0. The molecule has 4 aromatic rings. The average molecular weight is 520 g/mol. The minimum absolute atomic E-state index is 0.188. The fourth-order valence-electron chi connectivity index (χ4n) is 5.01. The van der Waals surface area contributed by atoms with E-state index in [9.17, 15) is 4.79 Å². The van der Waals surface area contributed by atoms with Crippen LogP contribution in [0.25, 0.3) is 10.9 Å². The fraction of sp³-hybridized carbons (Fsp3) is 0.407. The Hall–Kier alpha value is -3.96. The standard InChI is InChI=1S/C27H33N7O4/c1-5-32-10-12-33(13-11-32)25(26-29-30-31-34(26)17-18-6-8-20(36-2)9-7-18)21-14-19-15-23(37-3)24(38-4)16-22(19)28-27(21)35/h6-9,14-16,25H,5,10-13,17H2,1-4H3,(H,28,35)/t25-/m1/s1. The molecule has 0 unspecified atom stereocenters. The molecule has 11 heteroatoms.